The first-order chi connectivity index (χ1) is 9.12. The summed E-state index contributed by atoms with van der Waals surface area (Å²) in [5.74, 6) is 0.146. The summed E-state index contributed by atoms with van der Waals surface area (Å²) in [6.07, 6.45) is 4.12. The minimum absolute atomic E-state index is 0.0472. The molecule has 0 aliphatic carbocycles. The third-order valence-electron chi connectivity index (χ3n) is 2.51. The van der Waals surface area contributed by atoms with Crippen LogP contribution < -0.4 is 11.3 Å². The molecule has 0 bridgehead atoms. The smallest absolute Gasteiger partial charge is 0.278 e. The van der Waals surface area contributed by atoms with E-state index in [4.69, 9.17) is 26.5 Å². The summed E-state index contributed by atoms with van der Waals surface area (Å²) in [5, 5.41) is 25.3. The summed E-state index contributed by atoms with van der Waals surface area (Å²) >= 11 is 0. The largest absolute Gasteiger partial charge is 0.394 e. The molecule has 0 fully saturated rings. The Morgan fingerprint density at radius 2 is 2.05 bits per heavy atom. The predicted molar refractivity (Wildman–Crippen MR) is 70.6 cm³/mol. The summed E-state index contributed by atoms with van der Waals surface area (Å²) in [7, 11) is 0. The average molecular weight is 258 g/mol. The highest BCUT2D eigenvalue weighted by atomic mass is 16.5. The Morgan fingerprint density at radius 1 is 1.32 bits per heavy atom. The molecule has 2 aromatic heterocycles. The molecule has 0 aromatic carbocycles. The number of aromatic nitrogens is 2. The molecule has 0 amide bonds. The van der Waals surface area contributed by atoms with Gasteiger partial charge >= 0.3 is 0 Å². The van der Waals surface area contributed by atoms with E-state index >= 15 is 0 Å². The number of nitrogens with one attached hydrogen (secondary N) is 3. The second kappa shape index (κ2) is 4.69. The van der Waals surface area contributed by atoms with E-state index in [1.807, 2.05) is 0 Å². The lowest BCUT2D eigenvalue weighted by Crippen LogP contribution is -2.22. The minimum Gasteiger partial charge on any atom is -0.394 e. The normalized spacial score (nSPS) is 10.1. The van der Waals surface area contributed by atoms with E-state index in [1.165, 1.54) is 12.3 Å². The number of nitrogens with two attached hydrogens (primary N) is 1. The van der Waals surface area contributed by atoms with Crippen molar-refractivity contribution in [1.82, 2.24) is 9.72 Å². The molecule has 5 N–H and O–H groups in total. The highest BCUT2D eigenvalue weighted by Gasteiger charge is 2.16. The fraction of sp³-hybridized carbons (Fsp3) is 0. The number of pyridine rings is 1. The van der Waals surface area contributed by atoms with Gasteiger partial charge in [-0.3, -0.25) is 14.8 Å². The maximum Gasteiger partial charge on any atom is 0.278 e. The van der Waals surface area contributed by atoms with Crippen LogP contribution in [0.4, 0.5) is 5.69 Å². The van der Waals surface area contributed by atoms with Crippen molar-refractivity contribution in [2.24, 2.45) is 0 Å². The van der Waals surface area contributed by atoms with Gasteiger partial charge in [0, 0.05) is 18.0 Å². The van der Waals surface area contributed by atoms with Crippen LogP contribution in [0.25, 0.3) is 11.1 Å². The quantitative estimate of drug-likeness (QED) is 0.468. The molecular weight excluding hydrogens is 248 g/mol. The van der Waals surface area contributed by atoms with Crippen molar-refractivity contribution in [1.29, 1.82) is 16.2 Å². The topological polar surface area (TPSA) is 146 Å². The molecule has 96 valence electrons. The summed E-state index contributed by atoms with van der Waals surface area (Å²) in [6.45, 7) is 0. The van der Waals surface area contributed by atoms with E-state index in [9.17, 15) is 4.79 Å². The average Bonchev–Trinajstić information content (AvgIpc) is 2.84. The predicted octanol–water partition coefficient (Wildman–Crippen LogP) is 0.536. The van der Waals surface area contributed by atoms with E-state index in [2.05, 4.69) is 5.16 Å². The molecule has 0 aliphatic heterocycles. The lowest BCUT2D eigenvalue weighted by atomic mass is 10.1. The molecular formula is C11H10N6O2. The number of rotatable bonds is 4. The first-order valence-electron chi connectivity index (χ1n) is 5.15. The van der Waals surface area contributed by atoms with E-state index in [0.29, 0.717) is 11.1 Å². The lowest BCUT2D eigenvalue weighted by molar-refractivity contribution is 0.414. The van der Waals surface area contributed by atoms with Gasteiger partial charge in [0.15, 0.2) is 5.76 Å². The Kier molecular flexibility index (Phi) is 3.06. The van der Waals surface area contributed by atoms with Gasteiger partial charge in [-0.2, -0.15) is 0 Å². The molecule has 2 rings (SSSR count). The van der Waals surface area contributed by atoms with Crippen molar-refractivity contribution < 1.29 is 4.52 Å². The zero-order chi connectivity index (χ0) is 14.0. The Morgan fingerprint density at radius 3 is 2.63 bits per heavy atom. The molecule has 2 aromatic rings. The van der Waals surface area contributed by atoms with Crippen molar-refractivity contribution in [3.05, 3.63) is 34.1 Å². The van der Waals surface area contributed by atoms with Gasteiger partial charge in [0.25, 0.3) is 5.56 Å². The third kappa shape index (κ3) is 1.95. The summed E-state index contributed by atoms with van der Waals surface area (Å²) in [5.41, 5.74) is 6.07. The molecule has 19 heavy (non-hydrogen) atoms. The standard InChI is InChI=1S/C11H10N6O2/c12-2-8-10(9(3-13)19-16-8)6-1-7(15)11(18)17(4-6)5-14/h1-5,12-14H,15H2. The highest BCUT2D eigenvalue weighted by Crippen LogP contribution is 2.26. The Labute approximate surface area is 107 Å². The lowest BCUT2D eigenvalue weighted by Gasteiger charge is -2.05. The monoisotopic (exact) mass is 258 g/mol. The summed E-state index contributed by atoms with van der Waals surface area (Å²) in [4.78, 5) is 11.6. The molecule has 0 saturated heterocycles. The van der Waals surface area contributed by atoms with Crippen LogP contribution >= 0.6 is 0 Å². The number of nitrogens with zero attached hydrogens (tertiary/aromatic N) is 2. The maximum absolute atomic E-state index is 11.6. The van der Waals surface area contributed by atoms with Gasteiger partial charge < -0.3 is 21.1 Å². The number of hydrogen-bond acceptors (Lipinski definition) is 7. The van der Waals surface area contributed by atoms with Crippen LogP contribution in [-0.2, 0) is 0 Å². The highest BCUT2D eigenvalue weighted by molar-refractivity contribution is 5.95. The van der Waals surface area contributed by atoms with Gasteiger partial charge in [-0.15, -0.1) is 0 Å². The number of hydrogen-bond donors (Lipinski definition) is 4. The van der Waals surface area contributed by atoms with Gasteiger partial charge in [-0.25, -0.2) is 0 Å². The molecule has 2 heterocycles. The summed E-state index contributed by atoms with van der Waals surface area (Å²) in [6, 6.07) is 1.40. The van der Waals surface area contributed by atoms with Crippen LogP contribution in [0.1, 0.15) is 11.5 Å². The fourth-order valence-corrected chi connectivity index (χ4v) is 1.66. The van der Waals surface area contributed by atoms with Crippen LogP contribution in [0.3, 0.4) is 0 Å². The molecule has 0 radical (unpaired) electrons. The van der Waals surface area contributed by atoms with Crippen LogP contribution in [-0.4, -0.2) is 28.5 Å². The maximum atomic E-state index is 11.6. The zero-order valence-corrected chi connectivity index (χ0v) is 9.68. The molecule has 8 nitrogen and oxygen atoms in total. The van der Waals surface area contributed by atoms with Crippen LogP contribution in [0.2, 0.25) is 0 Å². The molecule has 8 heteroatoms. The van der Waals surface area contributed by atoms with E-state index in [1.54, 1.807) is 0 Å². The number of nitrogen functional groups attached to an aromatic ring is 1. The second-order valence-electron chi connectivity index (χ2n) is 3.62. The van der Waals surface area contributed by atoms with Crippen LogP contribution in [0, 0.1) is 16.2 Å². The fourth-order valence-electron chi connectivity index (χ4n) is 1.66. The Balaban J connectivity index is 2.78. The van der Waals surface area contributed by atoms with Gasteiger partial charge in [0.05, 0.1) is 23.8 Å². The first-order valence-corrected chi connectivity index (χ1v) is 5.15. The molecule has 0 aliphatic rings. The SMILES string of the molecule is N=Cc1noc(C=N)c1-c1cc(N)c(=O)n(C=N)c1. The molecule has 0 spiro atoms. The van der Waals surface area contributed by atoms with E-state index < -0.39 is 5.56 Å². The van der Waals surface area contributed by atoms with Gasteiger partial charge in [-0.05, 0) is 6.07 Å². The second-order valence-corrected chi connectivity index (χ2v) is 3.62. The molecule has 0 saturated carbocycles. The van der Waals surface area contributed by atoms with Crippen molar-refractivity contribution in [2.75, 3.05) is 5.73 Å². The van der Waals surface area contributed by atoms with Crippen molar-refractivity contribution >= 4 is 24.5 Å². The van der Waals surface area contributed by atoms with E-state index in [-0.39, 0.29) is 17.1 Å². The van der Waals surface area contributed by atoms with Crippen LogP contribution in [0.15, 0.2) is 21.6 Å². The molecule has 0 atom stereocenters. The van der Waals surface area contributed by atoms with Gasteiger partial charge in [0.2, 0.25) is 0 Å². The Bertz CT molecular complexity index is 702. The molecule has 0 unspecified atom stereocenters. The zero-order valence-electron chi connectivity index (χ0n) is 9.68. The van der Waals surface area contributed by atoms with Gasteiger partial charge in [0.1, 0.15) is 5.69 Å². The van der Waals surface area contributed by atoms with Crippen molar-refractivity contribution in [2.45, 2.75) is 0 Å². The Hall–Kier alpha value is -3.03. The van der Waals surface area contributed by atoms with Crippen molar-refractivity contribution in [3.8, 4) is 11.1 Å². The van der Waals surface area contributed by atoms with E-state index in [0.717, 1.165) is 23.3 Å². The first kappa shape index (κ1) is 12.4. The summed E-state index contributed by atoms with van der Waals surface area (Å²) < 4.78 is 5.90. The van der Waals surface area contributed by atoms with Gasteiger partial charge in [-0.1, -0.05) is 5.16 Å². The third-order valence-corrected chi connectivity index (χ3v) is 2.51. The van der Waals surface area contributed by atoms with Crippen molar-refractivity contribution in [3.63, 3.8) is 0 Å². The minimum atomic E-state index is -0.511. The number of anilines is 1. The van der Waals surface area contributed by atoms with Crippen LogP contribution in [0.5, 0.6) is 0 Å².